The van der Waals surface area contributed by atoms with Crippen LogP contribution >= 0.6 is 24.4 Å². The first-order valence-corrected chi connectivity index (χ1v) is 48.9. The van der Waals surface area contributed by atoms with Gasteiger partial charge in [-0.15, -0.1) is 0 Å². The van der Waals surface area contributed by atoms with Gasteiger partial charge in [0.1, 0.15) is 115 Å². The maximum atomic E-state index is 14.8. The monoisotopic (exact) mass is 2120 g/mol. The summed E-state index contributed by atoms with van der Waals surface area (Å²) in [5, 5.41) is 136. The first kappa shape index (κ1) is 129. The normalized spacial score (nSPS) is 15.7. The van der Waals surface area contributed by atoms with Gasteiger partial charge in [0.25, 0.3) is 0 Å². The smallest absolute Gasteiger partial charge is 0.325 e. The second kappa shape index (κ2) is 65.0. The van der Waals surface area contributed by atoms with E-state index >= 15 is 0 Å². The zero-order valence-corrected chi connectivity index (χ0v) is 85.4. The van der Waals surface area contributed by atoms with Crippen LogP contribution in [0.3, 0.4) is 0 Å². The van der Waals surface area contributed by atoms with Crippen LogP contribution in [0, 0.1) is 29.1 Å². The third-order valence-corrected chi connectivity index (χ3v) is 23.5. The molecule has 2 rings (SSSR count). The van der Waals surface area contributed by atoms with E-state index in [1.54, 1.807) is 51.3 Å². The summed E-state index contributed by atoms with van der Waals surface area (Å²) >= 11 is 5.22. The van der Waals surface area contributed by atoms with E-state index in [0.29, 0.717) is 16.5 Å². The highest BCUT2D eigenvalue weighted by Crippen LogP contribution is 2.21. The summed E-state index contributed by atoms with van der Waals surface area (Å²) in [6, 6.07) is -25.9. The minimum Gasteiger partial charge on any atom is -0.481 e. The highest BCUT2D eigenvalue weighted by atomic mass is 32.2. The number of benzene rings is 1. The SMILES string of the molecule is CC[C@H](C)[C@H](NC(=O)CNC(=O)[C@H](CO)NC(=O)[C@@H](NC(=O)[C@@H](NC(=O)[C@H](CS)NC(=O)[C@@H](N)[C@@H](C)O)[C@@H](C)O)C(C)C)C(=O)N[C@@H](CC(=O)O)C(=O)N[C@@H](CC(C)C)C(=O)N[C@@H](CO)C(=O)N[C@@H](CO)C(=O)N[C@@H](CC(N)=O)C(=O)N[C@@H](C)C(=O)N[C@@H](CCSC)C(=O)N[C@@H](CO)C(=O)N[C@@H](Cc1c[nH]c2ccccc12)C(=O)N[C@H](C(=O)N[C@@H](CCCNC(=N)N)C(=O)N[C@@H](CCC(N)=O)C(=O)N[C@@H](C)C(=O)O)C(C)C. The van der Waals surface area contributed by atoms with Crippen molar-refractivity contribution in [1.29, 1.82) is 5.41 Å². The minimum atomic E-state index is -2.11. The Kier molecular flexibility index (Phi) is 57.2. The molecular weight excluding hydrogens is 1980 g/mol. The molecule has 0 fully saturated rings. The number of fused-ring (bicyclic) bond motifs is 1. The van der Waals surface area contributed by atoms with Crippen LogP contribution in [-0.4, -0.2) is 372 Å². The summed E-state index contributed by atoms with van der Waals surface area (Å²) in [7, 11) is 0. The Morgan fingerprint density at radius 1 is 0.415 bits per heavy atom. The van der Waals surface area contributed by atoms with Crippen molar-refractivity contribution in [3.63, 3.8) is 0 Å². The molecule has 0 aliphatic heterocycles. The molecule has 2 aromatic rings. The molecule has 0 unspecified atom stereocenters. The summed E-state index contributed by atoms with van der Waals surface area (Å²) in [5.74, 6) is -30.9. The molecule has 57 nitrogen and oxygen atoms in total. The lowest BCUT2D eigenvalue weighted by Gasteiger charge is -2.29. The number of guanidine groups is 1. The highest BCUT2D eigenvalue weighted by molar-refractivity contribution is 7.98. The Morgan fingerprint density at radius 3 is 1.29 bits per heavy atom. The molecule has 0 aliphatic carbocycles. The number of aromatic nitrogens is 1. The molecule has 22 atom stereocenters. The van der Waals surface area contributed by atoms with Gasteiger partial charge in [0.05, 0.1) is 58.0 Å². The van der Waals surface area contributed by atoms with E-state index in [-0.39, 0.29) is 56.6 Å². The Hall–Kier alpha value is -13.7. The van der Waals surface area contributed by atoms with Crippen molar-refractivity contribution in [1.82, 2.24) is 111 Å². The Labute approximate surface area is 855 Å². The number of primary amides is 2. The van der Waals surface area contributed by atoms with E-state index in [0.717, 1.165) is 20.8 Å². The van der Waals surface area contributed by atoms with E-state index in [9.17, 15) is 151 Å². The maximum Gasteiger partial charge on any atom is 0.325 e. The first-order valence-electron chi connectivity index (χ1n) is 46.9. The van der Waals surface area contributed by atoms with Gasteiger partial charge in [0, 0.05) is 42.2 Å². The van der Waals surface area contributed by atoms with Crippen LogP contribution in [0.1, 0.15) is 146 Å². The lowest BCUT2D eigenvalue weighted by Crippen LogP contribution is -2.62. The largest absolute Gasteiger partial charge is 0.481 e. The number of aliphatic hydroxyl groups excluding tert-OH is 6. The molecule has 0 aliphatic rings. The molecular formula is C88H144N26O31S2. The summed E-state index contributed by atoms with van der Waals surface area (Å²) in [6.07, 6.45) is -3.81. The Balaban J connectivity index is 2.36. The number of thiol groups is 1. The molecule has 0 bridgehead atoms. The van der Waals surface area contributed by atoms with Crippen molar-refractivity contribution < 1.29 is 151 Å². The fraction of sp³-hybridized carbons (Fsp3) is 0.636. The van der Waals surface area contributed by atoms with Gasteiger partial charge in [-0.2, -0.15) is 24.4 Å². The van der Waals surface area contributed by atoms with Crippen LogP contribution in [-0.2, 0) is 117 Å². The summed E-state index contributed by atoms with van der Waals surface area (Å²) in [4.78, 5) is 315. The second-order valence-electron chi connectivity index (χ2n) is 35.8. The zero-order chi connectivity index (χ0) is 112. The van der Waals surface area contributed by atoms with Crippen LogP contribution in [0.5, 0.6) is 0 Å². The van der Waals surface area contributed by atoms with Gasteiger partial charge in [-0.05, 0) is 107 Å². The number of para-hydroxylation sites is 1. The van der Waals surface area contributed by atoms with Gasteiger partial charge in [0.2, 0.25) is 124 Å². The fourth-order valence-corrected chi connectivity index (χ4v) is 14.5. The summed E-state index contributed by atoms with van der Waals surface area (Å²) < 4.78 is 0. The predicted octanol–water partition coefficient (Wildman–Crippen LogP) is -13.3. The van der Waals surface area contributed by atoms with Crippen molar-refractivity contribution in [2.75, 3.05) is 57.3 Å². The van der Waals surface area contributed by atoms with E-state index in [1.807, 2.05) is 5.32 Å². The molecule has 0 saturated carbocycles. The summed E-state index contributed by atoms with van der Waals surface area (Å²) in [6.45, 7) is 10.8. The van der Waals surface area contributed by atoms with Gasteiger partial charge in [-0.25, -0.2) is 0 Å². The molecule has 59 heteroatoms. The number of aromatic amines is 1. The molecule has 1 aromatic heterocycles. The molecule has 0 saturated heterocycles. The van der Waals surface area contributed by atoms with Crippen LogP contribution in [0.15, 0.2) is 30.5 Å². The van der Waals surface area contributed by atoms with E-state index in [4.69, 9.17) is 28.3 Å². The second-order valence-corrected chi connectivity index (χ2v) is 37.1. The van der Waals surface area contributed by atoms with E-state index < -0.39 is 351 Å². The average Bonchev–Trinajstić information content (AvgIpc) is 1.76. The Morgan fingerprint density at radius 2 is 0.810 bits per heavy atom. The first-order chi connectivity index (χ1) is 68.8. The molecule has 824 valence electrons. The maximum absolute atomic E-state index is 14.8. The number of carboxylic acid groups (broad SMARTS) is 2. The highest BCUT2D eigenvalue weighted by Gasteiger charge is 2.42. The molecule has 1 aromatic carbocycles. The number of aliphatic carboxylic acids is 2. The molecule has 0 radical (unpaired) electrons. The molecule has 21 amide bonds. The molecule has 0 spiro atoms. The molecule has 38 N–H and O–H groups in total. The van der Waals surface area contributed by atoms with Crippen molar-refractivity contribution >= 4 is 177 Å². The minimum absolute atomic E-state index is 0.0141. The standard InChI is InChI=1S/C88H144N26O31S2/c1-14-40(8)67(111-62(123)31-96-70(127)55(32-115)109-84(141)66(39(6)7)113-86(143)68(44(12)120)114-81(138)59(36-146)110-82(139)64(91)43(11)119)85(142)105-54(29-63(124)125)76(133)102-51(26-37(2)3)75(132)107-58(35-118)80(137)108-57(34-117)79(136)104-53(28-61(90)122)74(131)97-41(9)69(126)99-50(23-25-147-13)73(130)106-56(33-116)78(135)103-52(27-45-30-95-47-19-16-15-18-46(45)47)77(134)112-65(38(4)5)83(140)101-48(20-17-24-94-88(92)93)72(129)100-49(21-22-60(89)121)71(128)98-42(10)87(144)145/h15-16,18-19,30,37-44,48-59,64-68,95,115-120,146H,14,17,20-29,31-36,91H2,1-13H3,(H2,89,121)(H2,90,122)(H,96,127)(H,97,131)(H,98,128)(H,99,126)(H,100,129)(H,101,140)(H,102,133)(H,103,135)(H,104,136)(H,105,142)(H,106,130)(H,107,132)(H,108,137)(H,109,141)(H,110,139)(H,111,123)(H,112,134)(H,113,143)(H,114,138)(H,124,125)(H,144,145)(H4,92,93,94)/t40-,41-,42-,43+,44+,48-,49-,50-,51-,52-,53-,54-,55-,56-,57-,58-,59-,64-,65-,66-,67-,68-/m0/s1. The number of aliphatic hydroxyl groups is 6. The number of nitrogens with two attached hydrogens (primary N) is 4. The summed E-state index contributed by atoms with van der Waals surface area (Å²) in [5.41, 5.74) is 22.9. The van der Waals surface area contributed by atoms with Crippen LogP contribution in [0.4, 0.5) is 0 Å². The van der Waals surface area contributed by atoms with Crippen molar-refractivity contribution in [3.05, 3.63) is 36.0 Å². The number of nitrogens with one attached hydrogen (secondary N) is 22. The van der Waals surface area contributed by atoms with Crippen LogP contribution < -0.4 is 129 Å². The lowest BCUT2D eigenvalue weighted by atomic mass is 9.97. The van der Waals surface area contributed by atoms with Crippen molar-refractivity contribution in [2.45, 2.75) is 274 Å². The number of carbonyl (C=O) groups excluding carboxylic acids is 21. The lowest BCUT2D eigenvalue weighted by molar-refractivity contribution is -0.142. The van der Waals surface area contributed by atoms with Crippen molar-refractivity contribution in [3.8, 4) is 0 Å². The van der Waals surface area contributed by atoms with E-state index in [1.165, 1.54) is 59.5 Å². The number of H-pyrrole nitrogens is 1. The number of hydrogen-bond acceptors (Lipinski definition) is 33. The van der Waals surface area contributed by atoms with Gasteiger partial charge in [-0.1, -0.05) is 80.0 Å². The number of hydrogen-bond donors (Lipinski definition) is 35. The van der Waals surface area contributed by atoms with Crippen LogP contribution in [0.25, 0.3) is 10.9 Å². The number of rotatable bonds is 68. The zero-order valence-electron chi connectivity index (χ0n) is 83.7. The van der Waals surface area contributed by atoms with Gasteiger partial charge >= 0.3 is 11.9 Å². The fourth-order valence-electron chi connectivity index (χ4n) is 13.7. The van der Waals surface area contributed by atoms with Gasteiger partial charge in [-0.3, -0.25) is 116 Å². The van der Waals surface area contributed by atoms with Crippen molar-refractivity contribution in [2.24, 2.45) is 46.6 Å². The molecule has 147 heavy (non-hydrogen) atoms. The number of amides is 21. The number of carboxylic acids is 2. The number of carbonyl (C=O) groups is 23. The van der Waals surface area contributed by atoms with Gasteiger partial charge in [0.15, 0.2) is 5.96 Å². The number of thioether (sulfide) groups is 1. The Bertz CT molecular complexity index is 4900. The quantitative estimate of drug-likeness (QED) is 0.0127. The third kappa shape index (κ3) is 45.0. The third-order valence-electron chi connectivity index (χ3n) is 22.5. The molecule has 1 heterocycles. The van der Waals surface area contributed by atoms with Gasteiger partial charge < -0.3 is 175 Å². The topological polar surface area (TPSA) is 939 Å². The van der Waals surface area contributed by atoms with E-state index in [2.05, 4.69) is 119 Å². The van der Waals surface area contributed by atoms with Crippen LogP contribution in [0.2, 0.25) is 0 Å². The predicted molar refractivity (Wildman–Crippen MR) is 528 cm³/mol. The average molecular weight is 2130 g/mol.